The fraction of sp³-hybridized carbons (Fsp3) is 0.111. The van der Waals surface area contributed by atoms with Gasteiger partial charge in [-0.3, -0.25) is 4.79 Å². The molecule has 1 N–H and O–H groups in total. The first-order chi connectivity index (χ1) is 5.83. The van der Waals surface area contributed by atoms with Crippen LogP contribution in [0.4, 0.5) is 0 Å². The van der Waals surface area contributed by atoms with E-state index in [1.54, 1.807) is 0 Å². The average Bonchev–Trinajstić information content (AvgIpc) is 2.16. The van der Waals surface area contributed by atoms with Crippen molar-refractivity contribution in [2.45, 2.75) is 4.90 Å². The highest BCUT2D eigenvalue weighted by Gasteiger charge is 1.98. The molecule has 1 radical (unpaired) electrons. The predicted octanol–water partition coefficient (Wildman–Crippen LogP) is 1.69. The summed E-state index contributed by atoms with van der Waals surface area (Å²) >= 11 is 1.50. The number of carbonyl (C=O) groups excluding carboxylic acids is 1. The summed E-state index contributed by atoms with van der Waals surface area (Å²) in [6.45, 7) is 0. The van der Waals surface area contributed by atoms with Crippen LogP contribution in [0.1, 0.15) is 0 Å². The number of rotatable bonds is 3. The summed E-state index contributed by atoms with van der Waals surface area (Å²) in [7, 11) is 3.29. The summed E-state index contributed by atoms with van der Waals surface area (Å²) < 4.78 is 0. The molecule has 0 aliphatic heterocycles. The van der Waals surface area contributed by atoms with Crippen LogP contribution >= 0.6 is 11.8 Å². The molecule has 0 saturated heterocycles. The predicted molar refractivity (Wildman–Crippen MR) is 50.7 cm³/mol. The van der Waals surface area contributed by atoms with E-state index in [2.05, 4.69) is 12.4 Å². The quantitative estimate of drug-likeness (QED) is 0.717. The molecule has 1 aromatic rings. The number of nitrogens with one attached hydrogen (secondary N) is 1. The van der Waals surface area contributed by atoms with Crippen molar-refractivity contribution in [1.82, 2.24) is 5.32 Å². The van der Waals surface area contributed by atoms with E-state index < -0.39 is 0 Å². The lowest BCUT2D eigenvalue weighted by molar-refractivity contribution is -0.117. The first kappa shape index (κ1) is 9.13. The lowest BCUT2D eigenvalue weighted by atomic mass is 10.4. The van der Waals surface area contributed by atoms with Crippen LogP contribution in [0.15, 0.2) is 35.2 Å². The van der Waals surface area contributed by atoms with Crippen LogP contribution in [0.2, 0.25) is 0 Å². The van der Waals surface area contributed by atoms with Crippen molar-refractivity contribution in [3.05, 3.63) is 37.4 Å². The van der Waals surface area contributed by atoms with Gasteiger partial charge in [-0.1, -0.05) is 18.2 Å². The summed E-state index contributed by atoms with van der Waals surface area (Å²) in [6.07, 6.45) is 0. The van der Waals surface area contributed by atoms with E-state index in [4.69, 9.17) is 0 Å². The highest BCUT2D eigenvalue weighted by molar-refractivity contribution is 8.00. The fourth-order valence-corrected chi connectivity index (χ4v) is 1.47. The van der Waals surface area contributed by atoms with Gasteiger partial charge in [0.05, 0.1) is 5.75 Å². The molecule has 0 aliphatic carbocycles. The number of thioether (sulfide) groups is 1. The Labute approximate surface area is 76.4 Å². The van der Waals surface area contributed by atoms with Crippen molar-refractivity contribution in [1.29, 1.82) is 0 Å². The first-order valence-corrected chi connectivity index (χ1v) is 4.55. The van der Waals surface area contributed by atoms with E-state index >= 15 is 0 Å². The Balaban J connectivity index is 2.38. The number of amides is 1. The van der Waals surface area contributed by atoms with Crippen molar-refractivity contribution in [3.63, 3.8) is 0 Å². The van der Waals surface area contributed by atoms with Crippen molar-refractivity contribution >= 4 is 17.7 Å². The van der Waals surface area contributed by atoms with Crippen LogP contribution in [0.25, 0.3) is 0 Å². The Bertz CT molecular complexity index is 248. The van der Waals surface area contributed by atoms with Crippen molar-refractivity contribution < 1.29 is 4.79 Å². The molecule has 1 rings (SSSR count). The summed E-state index contributed by atoms with van der Waals surface area (Å²) in [5.41, 5.74) is 0. The number of benzene rings is 1. The maximum atomic E-state index is 10.8. The molecule has 0 aromatic heterocycles. The third-order valence-corrected chi connectivity index (χ3v) is 2.32. The normalized spacial score (nSPS) is 9.42. The molecule has 0 unspecified atom stereocenters. The van der Waals surface area contributed by atoms with Gasteiger partial charge in [0.1, 0.15) is 0 Å². The molecule has 0 heterocycles. The van der Waals surface area contributed by atoms with Gasteiger partial charge in [0.15, 0.2) is 0 Å². The van der Waals surface area contributed by atoms with Crippen molar-refractivity contribution in [2.75, 3.05) is 5.75 Å². The van der Waals surface area contributed by atoms with E-state index in [-0.39, 0.29) is 5.91 Å². The van der Waals surface area contributed by atoms with Crippen LogP contribution < -0.4 is 5.32 Å². The van der Waals surface area contributed by atoms with Gasteiger partial charge in [0.25, 0.3) is 0 Å². The number of hydrogen-bond donors (Lipinski definition) is 1. The molecule has 63 valence electrons. The molecule has 3 heteroatoms. The molecule has 0 saturated carbocycles. The molecule has 1 aromatic carbocycles. The maximum Gasteiger partial charge on any atom is 0.230 e. The van der Waals surface area contributed by atoms with E-state index in [1.165, 1.54) is 11.8 Å². The minimum atomic E-state index is -0.0520. The lowest BCUT2D eigenvalue weighted by Crippen LogP contribution is -2.17. The molecule has 0 fully saturated rings. The van der Waals surface area contributed by atoms with Crippen LogP contribution in [-0.4, -0.2) is 11.7 Å². The second kappa shape index (κ2) is 4.83. The smallest absolute Gasteiger partial charge is 0.230 e. The van der Waals surface area contributed by atoms with Crippen LogP contribution in [0, 0.1) is 7.05 Å². The summed E-state index contributed by atoms with van der Waals surface area (Å²) in [6, 6.07) is 9.79. The first-order valence-electron chi connectivity index (χ1n) is 3.56. The largest absolute Gasteiger partial charge is 0.354 e. The molecule has 1 amide bonds. The number of hydrogen-bond acceptors (Lipinski definition) is 2. The minimum Gasteiger partial charge on any atom is -0.354 e. The van der Waals surface area contributed by atoms with Crippen molar-refractivity contribution in [2.24, 2.45) is 0 Å². The van der Waals surface area contributed by atoms with Gasteiger partial charge in [0.2, 0.25) is 5.91 Å². The molecule has 0 atom stereocenters. The van der Waals surface area contributed by atoms with E-state index in [0.29, 0.717) is 5.75 Å². The standard InChI is InChI=1S/C9H10NOS/c1-10-9(11)7-12-8-5-3-2-4-6-8/h2-6H,1,7H2,(H,10,11). The monoisotopic (exact) mass is 180 g/mol. The maximum absolute atomic E-state index is 10.8. The molecule has 0 spiro atoms. The third-order valence-electron chi connectivity index (χ3n) is 1.31. The topological polar surface area (TPSA) is 29.1 Å². The lowest BCUT2D eigenvalue weighted by Gasteiger charge is -1.98. The molecule has 2 nitrogen and oxygen atoms in total. The van der Waals surface area contributed by atoms with E-state index in [1.807, 2.05) is 30.3 Å². The molecular formula is C9H10NOS. The third kappa shape index (κ3) is 2.96. The van der Waals surface area contributed by atoms with Gasteiger partial charge in [-0.15, -0.1) is 11.8 Å². The fourth-order valence-electron chi connectivity index (χ4n) is 0.717. The summed E-state index contributed by atoms with van der Waals surface area (Å²) in [5.74, 6) is 0.372. The molecular weight excluding hydrogens is 170 g/mol. The van der Waals surface area contributed by atoms with Crippen LogP contribution in [0.5, 0.6) is 0 Å². The zero-order valence-corrected chi connectivity index (χ0v) is 7.43. The second-order valence-electron chi connectivity index (χ2n) is 2.20. The Morgan fingerprint density at radius 1 is 1.42 bits per heavy atom. The van der Waals surface area contributed by atoms with Crippen LogP contribution in [-0.2, 0) is 4.79 Å². The van der Waals surface area contributed by atoms with Gasteiger partial charge in [-0.05, 0) is 12.1 Å². The number of carbonyl (C=O) groups is 1. The second-order valence-corrected chi connectivity index (χ2v) is 3.25. The average molecular weight is 180 g/mol. The minimum absolute atomic E-state index is 0.0520. The molecule has 12 heavy (non-hydrogen) atoms. The van der Waals surface area contributed by atoms with E-state index in [9.17, 15) is 4.79 Å². The Hall–Kier alpha value is -0.960. The SMILES string of the molecule is [CH2]NC(=O)CSc1ccccc1. The Morgan fingerprint density at radius 3 is 2.67 bits per heavy atom. The Morgan fingerprint density at radius 2 is 2.08 bits per heavy atom. The van der Waals surface area contributed by atoms with Gasteiger partial charge in [-0.25, -0.2) is 0 Å². The van der Waals surface area contributed by atoms with Gasteiger partial charge < -0.3 is 5.32 Å². The van der Waals surface area contributed by atoms with Crippen molar-refractivity contribution in [3.8, 4) is 0 Å². The van der Waals surface area contributed by atoms with Crippen LogP contribution in [0.3, 0.4) is 0 Å². The summed E-state index contributed by atoms with van der Waals surface area (Å²) in [5, 5.41) is 2.33. The summed E-state index contributed by atoms with van der Waals surface area (Å²) in [4.78, 5) is 11.9. The molecule has 0 bridgehead atoms. The highest BCUT2D eigenvalue weighted by Crippen LogP contribution is 2.15. The highest BCUT2D eigenvalue weighted by atomic mass is 32.2. The van der Waals surface area contributed by atoms with E-state index in [0.717, 1.165) is 4.90 Å². The van der Waals surface area contributed by atoms with Gasteiger partial charge in [-0.2, -0.15) is 0 Å². The van der Waals surface area contributed by atoms with Gasteiger partial charge >= 0.3 is 0 Å². The zero-order chi connectivity index (χ0) is 8.81. The molecule has 0 aliphatic rings. The van der Waals surface area contributed by atoms with Gasteiger partial charge in [0, 0.05) is 11.9 Å². The Kier molecular flexibility index (Phi) is 3.67. The zero-order valence-electron chi connectivity index (χ0n) is 6.62.